The minimum Gasteiger partial charge on any atom is -0.480 e. The maximum atomic E-state index is 13.1. The van der Waals surface area contributed by atoms with Crippen molar-refractivity contribution in [3.8, 4) is 0 Å². The van der Waals surface area contributed by atoms with E-state index >= 15 is 0 Å². The first-order valence-electron chi connectivity index (χ1n) is 6.62. The van der Waals surface area contributed by atoms with Crippen molar-refractivity contribution in [2.75, 3.05) is 13.1 Å². The topological polar surface area (TPSA) is 86.7 Å². The molecule has 0 saturated carbocycles. The van der Waals surface area contributed by atoms with Crippen molar-refractivity contribution in [2.45, 2.75) is 24.8 Å². The van der Waals surface area contributed by atoms with Crippen LogP contribution in [0.25, 0.3) is 0 Å². The Kier molecular flexibility index (Phi) is 4.78. The van der Waals surface area contributed by atoms with Crippen LogP contribution in [0.3, 0.4) is 0 Å². The number of benzene rings is 1. The lowest BCUT2D eigenvalue weighted by Gasteiger charge is -2.20. The highest BCUT2D eigenvalue weighted by Crippen LogP contribution is 2.28. The molecule has 2 N–H and O–H groups in total. The average Bonchev–Trinajstić information content (AvgIpc) is 2.80. The number of hydrogen-bond donors (Lipinski definition) is 2. The normalized spacial score (nSPS) is 19.9. The summed E-state index contributed by atoms with van der Waals surface area (Å²) in [6.45, 7) is -1.26. The standard InChI is InChI=1S/C13H16F2N2O4S/c14-13(15)6-7-17(9-13)22(20,21)16-11(12(18)19)8-10-4-2-1-3-5-10/h1-5,11,16H,6-9H2,(H,18,19)/t11-/m0/s1. The third-order valence-electron chi connectivity index (χ3n) is 3.35. The summed E-state index contributed by atoms with van der Waals surface area (Å²) < 4.78 is 52.9. The van der Waals surface area contributed by atoms with E-state index in [4.69, 9.17) is 5.11 Å². The van der Waals surface area contributed by atoms with Gasteiger partial charge in [0.05, 0.1) is 6.54 Å². The zero-order valence-corrected chi connectivity index (χ0v) is 12.4. The Labute approximate surface area is 126 Å². The van der Waals surface area contributed by atoms with E-state index in [1.165, 1.54) is 0 Å². The molecule has 1 heterocycles. The summed E-state index contributed by atoms with van der Waals surface area (Å²) in [5.74, 6) is -4.44. The highest BCUT2D eigenvalue weighted by molar-refractivity contribution is 7.87. The molecule has 0 radical (unpaired) electrons. The van der Waals surface area contributed by atoms with E-state index < -0.39 is 41.1 Å². The fourth-order valence-electron chi connectivity index (χ4n) is 2.19. The molecule has 9 heteroatoms. The van der Waals surface area contributed by atoms with Crippen molar-refractivity contribution >= 4 is 16.2 Å². The molecule has 1 aliphatic heterocycles. The highest BCUT2D eigenvalue weighted by Gasteiger charge is 2.44. The summed E-state index contributed by atoms with van der Waals surface area (Å²) in [4.78, 5) is 11.2. The Morgan fingerprint density at radius 1 is 1.36 bits per heavy atom. The average molecular weight is 334 g/mol. The van der Waals surface area contributed by atoms with E-state index in [0.29, 0.717) is 9.87 Å². The first kappa shape index (κ1) is 16.8. The van der Waals surface area contributed by atoms with Gasteiger partial charge in [-0.2, -0.15) is 17.4 Å². The van der Waals surface area contributed by atoms with Gasteiger partial charge in [-0.1, -0.05) is 30.3 Å². The molecule has 1 atom stereocenters. The molecule has 0 aliphatic carbocycles. The van der Waals surface area contributed by atoms with Gasteiger partial charge in [0.25, 0.3) is 16.1 Å². The number of nitrogens with zero attached hydrogens (tertiary/aromatic N) is 1. The lowest BCUT2D eigenvalue weighted by molar-refractivity contribution is -0.138. The minimum absolute atomic E-state index is 0.0698. The molecule has 22 heavy (non-hydrogen) atoms. The first-order valence-corrected chi connectivity index (χ1v) is 8.06. The maximum Gasteiger partial charge on any atom is 0.322 e. The fraction of sp³-hybridized carbons (Fsp3) is 0.462. The van der Waals surface area contributed by atoms with Crippen molar-refractivity contribution in [3.63, 3.8) is 0 Å². The van der Waals surface area contributed by atoms with Crippen LogP contribution >= 0.6 is 0 Å². The van der Waals surface area contributed by atoms with Crippen LogP contribution < -0.4 is 4.72 Å². The van der Waals surface area contributed by atoms with E-state index in [-0.39, 0.29) is 13.0 Å². The van der Waals surface area contributed by atoms with Gasteiger partial charge in [-0.25, -0.2) is 8.78 Å². The van der Waals surface area contributed by atoms with Crippen LogP contribution in [0.4, 0.5) is 8.78 Å². The Balaban J connectivity index is 2.09. The maximum absolute atomic E-state index is 13.1. The van der Waals surface area contributed by atoms with Crippen LogP contribution in [-0.2, 0) is 21.4 Å². The molecule has 1 aromatic carbocycles. The lowest BCUT2D eigenvalue weighted by atomic mass is 10.1. The SMILES string of the molecule is O=C(O)[C@H](Cc1ccccc1)NS(=O)(=O)N1CCC(F)(F)C1. The van der Waals surface area contributed by atoms with E-state index in [9.17, 15) is 22.0 Å². The molecule has 1 aliphatic rings. The summed E-state index contributed by atoms with van der Waals surface area (Å²) in [6.07, 6.45) is -0.635. The smallest absolute Gasteiger partial charge is 0.322 e. The molecule has 1 saturated heterocycles. The molecular weight excluding hydrogens is 318 g/mol. The van der Waals surface area contributed by atoms with Crippen LogP contribution in [-0.4, -0.2) is 48.9 Å². The second-order valence-corrected chi connectivity index (χ2v) is 6.85. The molecule has 0 unspecified atom stereocenters. The van der Waals surface area contributed by atoms with Gasteiger partial charge >= 0.3 is 5.97 Å². The van der Waals surface area contributed by atoms with Crippen LogP contribution in [0, 0.1) is 0 Å². The molecule has 0 amide bonds. The summed E-state index contributed by atoms with van der Waals surface area (Å²) in [7, 11) is -4.27. The minimum atomic E-state index is -4.27. The van der Waals surface area contributed by atoms with Gasteiger partial charge < -0.3 is 5.11 Å². The predicted molar refractivity (Wildman–Crippen MR) is 74.8 cm³/mol. The Morgan fingerprint density at radius 2 is 2.00 bits per heavy atom. The van der Waals surface area contributed by atoms with Crippen LogP contribution in [0.5, 0.6) is 0 Å². The third-order valence-corrected chi connectivity index (χ3v) is 4.92. The number of carboxylic acid groups (broad SMARTS) is 1. The molecule has 0 aromatic heterocycles. The quantitative estimate of drug-likeness (QED) is 0.808. The Bertz CT molecular complexity index is 637. The van der Waals surface area contributed by atoms with E-state index in [1.54, 1.807) is 30.3 Å². The Morgan fingerprint density at radius 3 is 2.50 bits per heavy atom. The van der Waals surface area contributed by atoms with Gasteiger partial charge in [-0.05, 0) is 12.0 Å². The van der Waals surface area contributed by atoms with Gasteiger partial charge in [0.1, 0.15) is 6.04 Å². The molecule has 0 spiro atoms. The van der Waals surface area contributed by atoms with Crippen molar-refractivity contribution in [2.24, 2.45) is 0 Å². The number of carboxylic acids is 1. The second kappa shape index (κ2) is 6.27. The van der Waals surface area contributed by atoms with Gasteiger partial charge in [0, 0.05) is 13.0 Å². The summed E-state index contributed by atoms with van der Waals surface area (Å²) in [5.41, 5.74) is 0.629. The number of nitrogens with one attached hydrogen (secondary N) is 1. The Hall–Kier alpha value is -1.58. The second-order valence-electron chi connectivity index (χ2n) is 5.14. The first-order chi connectivity index (χ1) is 10.2. The number of aliphatic carboxylic acids is 1. The zero-order valence-electron chi connectivity index (χ0n) is 11.6. The van der Waals surface area contributed by atoms with Crippen LogP contribution in [0.1, 0.15) is 12.0 Å². The number of carbonyl (C=O) groups is 1. The van der Waals surface area contributed by atoms with E-state index in [2.05, 4.69) is 0 Å². The fourth-order valence-corrected chi connectivity index (χ4v) is 3.58. The van der Waals surface area contributed by atoms with E-state index in [1.807, 2.05) is 4.72 Å². The van der Waals surface area contributed by atoms with Crippen molar-refractivity contribution in [1.82, 2.24) is 9.03 Å². The van der Waals surface area contributed by atoms with Crippen LogP contribution in [0.15, 0.2) is 30.3 Å². The molecule has 2 rings (SSSR count). The molecular formula is C13H16F2N2O4S. The van der Waals surface area contributed by atoms with Crippen molar-refractivity contribution in [3.05, 3.63) is 35.9 Å². The number of rotatable bonds is 6. The van der Waals surface area contributed by atoms with Crippen molar-refractivity contribution < 1.29 is 27.1 Å². The monoisotopic (exact) mass is 334 g/mol. The third kappa shape index (κ3) is 4.21. The largest absolute Gasteiger partial charge is 0.480 e. The van der Waals surface area contributed by atoms with Crippen molar-refractivity contribution in [1.29, 1.82) is 0 Å². The van der Waals surface area contributed by atoms with Gasteiger partial charge in [-0.3, -0.25) is 4.79 Å². The predicted octanol–water partition coefficient (Wildman–Crippen LogP) is 0.858. The van der Waals surface area contributed by atoms with E-state index in [0.717, 1.165) is 0 Å². The molecule has 122 valence electrons. The number of alkyl halides is 2. The van der Waals surface area contributed by atoms with Gasteiger partial charge in [-0.15, -0.1) is 0 Å². The summed E-state index contributed by atoms with van der Waals surface area (Å²) >= 11 is 0. The zero-order chi connectivity index (χ0) is 16.4. The summed E-state index contributed by atoms with van der Waals surface area (Å²) in [5, 5.41) is 9.15. The van der Waals surface area contributed by atoms with Gasteiger partial charge in [0.15, 0.2) is 0 Å². The highest BCUT2D eigenvalue weighted by atomic mass is 32.2. The summed E-state index contributed by atoms with van der Waals surface area (Å²) in [6, 6.07) is 7.05. The molecule has 6 nitrogen and oxygen atoms in total. The van der Waals surface area contributed by atoms with Crippen LogP contribution in [0.2, 0.25) is 0 Å². The molecule has 0 bridgehead atoms. The molecule has 1 fully saturated rings. The van der Waals surface area contributed by atoms with Gasteiger partial charge in [0.2, 0.25) is 0 Å². The lowest BCUT2D eigenvalue weighted by Crippen LogP contribution is -2.49. The number of hydrogen-bond acceptors (Lipinski definition) is 3. The number of halogens is 2. The molecule has 1 aromatic rings.